The summed E-state index contributed by atoms with van der Waals surface area (Å²) in [6.45, 7) is 0. The second kappa shape index (κ2) is 5.82. The SMILES string of the molecule is S=C(Nc1ccccc1I)NC1CCCC1. The number of hydrogen-bond acceptors (Lipinski definition) is 1. The van der Waals surface area contributed by atoms with Crippen LogP contribution in [0.3, 0.4) is 0 Å². The Hall–Kier alpha value is -0.360. The molecule has 0 radical (unpaired) electrons. The highest BCUT2D eigenvalue weighted by Gasteiger charge is 2.15. The van der Waals surface area contributed by atoms with Crippen molar-refractivity contribution in [3.05, 3.63) is 27.8 Å². The Labute approximate surface area is 115 Å². The summed E-state index contributed by atoms with van der Waals surface area (Å²) in [5.41, 5.74) is 1.08. The summed E-state index contributed by atoms with van der Waals surface area (Å²) in [6.07, 6.45) is 5.13. The van der Waals surface area contributed by atoms with Crippen molar-refractivity contribution in [2.75, 3.05) is 5.32 Å². The van der Waals surface area contributed by atoms with E-state index in [9.17, 15) is 0 Å². The number of halogens is 1. The van der Waals surface area contributed by atoms with Crippen LogP contribution < -0.4 is 10.6 Å². The summed E-state index contributed by atoms with van der Waals surface area (Å²) < 4.78 is 1.19. The number of thiocarbonyl (C=S) groups is 1. The lowest BCUT2D eigenvalue weighted by Gasteiger charge is -2.16. The van der Waals surface area contributed by atoms with E-state index >= 15 is 0 Å². The first kappa shape index (κ1) is 12.1. The predicted octanol–water partition coefficient (Wildman–Crippen LogP) is 3.52. The fraction of sp³-hybridized carbons (Fsp3) is 0.417. The fourth-order valence-corrected chi connectivity index (χ4v) is 2.78. The maximum absolute atomic E-state index is 5.31. The van der Waals surface area contributed by atoms with Crippen LogP contribution in [0, 0.1) is 3.57 Å². The minimum Gasteiger partial charge on any atom is -0.360 e. The zero-order chi connectivity index (χ0) is 11.4. The molecule has 0 aliphatic heterocycles. The van der Waals surface area contributed by atoms with Crippen LogP contribution in [-0.2, 0) is 0 Å². The van der Waals surface area contributed by atoms with Crippen LogP contribution in [0.5, 0.6) is 0 Å². The van der Waals surface area contributed by atoms with Gasteiger partial charge in [0.25, 0.3) is 0 Å². The molecule has 0 amide bonds. The van der Waals surface area contributed by atoms with Crippen molar-refractivity contribution in [3.8, 4) is 0 Å². The van der Waals surface area contributed by atoms with Crippen molar-refractivity contribution in [1.29, 1.82) is 0 Å². The van der Waals surface area contributed by atoms with Crippen LogP contribution in [0.4, 0.5) is 5.69 Å². The van der Waals surface area contributed by atoms with Crippen molar-refractivity contribution >= 4 is 45.6 Å². The minimum absolute atomic E-state index is 0.571. The molecule has 0 atom stereocenters. The topological polar surface area (TPSA) is 24.1 Å². The lowest BCUT2D eigenvalue weighted by atomic mass is 10.2. The second-order valence-corrected chi connectivity index (χ2v) is 5.63. The Morgan fingerprint density at radius 2 is 1.94 bits per heavy atom. The molecule has 0 saturated heterocycles. The molecule has 1 saturated carbocycles. The summed E-state index contributed by atoms with van der Waals surface area (Å²) in [4.78, 5) is 0. The maximum Gasteiger partial charge on any atom is 0.171 e. The van der Waals surface area contributed by atoms with Gasteiger partial charge in [0.05, 0.1) is 5.69 Å². The molecule has 1 fully saturated rings. The van der Waals surface area contributed by atoms with Gasteiger partial charge in [-0.15, -0.1) is 0 Å². The predicted molar refractivity (Wildman–Crippen MR) is 80.8 cm³/mol. The zero-order valence-corrected chi connectivity index (χ0v) is 12.0. The molecule has 2 N–H and O–H groups in total. The number of para-hydroxylation sites is 1. The molecule has 0 unspecified atom stereocenters. The molecule has 2 rings (SSSR count). The van der Waals surface area contributed by atoms with Crippen LogP contribution in [0.15, 0.2) is 24.3 Å². The number of hydrogen-bond donors (Lipinski definition) is 2. The molecule has 4 heteroatoms. The van der Waals surface area contributed by atoms with Crippen molar-refractivity contribution < 1.29 is 0 Å². The normalized spacial score (nSPS) is 16.1. The summed E-state index contributed by atoms with van der Waals surface area (Å²) in [7, 11) is 0. The van der Waals surface area contributed by atoms with Crippen molar-refractivity contribution in [3.63, 3.8) is 0 Å². The van der Waals surface area contributed by atoms with E-state index in [0.717, 1.165) is 10.8 Å². The van der Waals surface area contributed by atoms with E-state index in [2.05, 4.69) is 39.3 Å². The average molecular weight is 346 g/mol. The summed E-state index contributed by atoms with van der Waals surface area (Å²) >= 11 is 7.62. The van der Waals surface area contributed by atoms with E-state index in [1.807, 2.05) is 18.2 Å². The third-order valence-corrected chi connectivity index (χ3v) is 3.97. The number of anilines is 1. The molecule has 2 nitrogen and oxygen atoms in total. The van der Waals surface area contributed by atoms with Crippen LogP contribution in [-0.4, -0.2) is 11.2 Å². The number of rotatable bonds is 2. The molecule has 16 heavy (non-hydrogen) atoms. The van der Waals surface area contributed by atoms with E-state index in [0.29, 0.717) is 6.04 Å². The van der Waals surface area contributed by atoms with Gasteiger partial charge in [-0.2, -0.15) is 0 Å². The van der Waals surface area contributed by atoms with Gasteiger partial charge in [-0.25, -0.2) is 0 Å². The molecule has 86 valence electrons. The molecule has 1 aromatic rings. The van der Waals surface area contributed by atoms with E-state index < -0.39 is 0 Å². The lowest BCUT2D eigenvalue weighted by Crippen LogP contribution is -2.36. The first-order valence-electron chi connectivity index (χ1n) is 5.58. The smallest absolute Gasteiger partial charge is 0.171 e. The number of benzene rings is 1. The van der Waals surface area contributed by atoms with Crippen LogP contribution in [0.2, 0.25) is 0 Å². The standard InChI is InChI=1S/C12H15IN2S/c13-10-7-3-4-8-11(10)15-12(16)14-9-5-1-2-6-9/h3-4,7-9H,1-2,5-6H2,(H2,14,15,16). The van der Waals surface area contributed by atoms with Gasteiger partial charge in [0.1, 0.15) is 0 Å². The molecule has 1 aliphatic carbocycles. The molecule has 0 bridgehead atoms. The van der Waals surface area contributed by atoms with Crippen LogP contribution in [0.25, 0.3) is 0 Å². The monoisotopic (exact) mass is 346 g/mol. The van der Waals surface area contributed by atoms with E-state index in [1.54, 1.807) is 0 Å². The third-order valence-electron chi connectivity index (χ3n) is 2.81. The lowest BCUT2D eigenvalue weighted by molar-refractivity contribution is 0.634. The Balaban J connectivity index is 1.89. The van der Waals surface area contributed by atoms with Gasteiger partial charge in [-0.3, -0.25) is 0 Å². The zero-order valence-electron chi connectivity index (χ0n) is 9.00. The van der Waals surface area contributed by atoms with E-state index in [4.69, 9.17) is 12.2 Å². The van der Waals surface area contributed by atoms with Gasteiger partial charge in [0, 0.05) is 9.61 Å². The van der Waals surface area contributed by atoms with Gasteiger partial charge in [-0.1, -0.05) is 25.0 Å². The molecule has 0 aromatic heterocycles. The third kappa shape index (κ3) is 3.31. The minimum atomic E-state index is 0.571. The van der Waals surface area contributed by atoms with Crippen LogP contribution in [0.1, 0.15) is 25.7 Å². The molecule has 0 spiro atoms. The fourth-order valence-electron chi connectivity index (χ4n) is 1.98. The second-order valence-electron chi connectivity index (χ2n) is 4.06. The first-order chi connectivity index (χ1) is 7.75. The summed E-state index contributed by atoms with van der Waals surface area (Å²) in [5.74, 6) is 0. The average Bonchev–Trinajstić information content (AvgIpc) is 2.74. The number of nitrogens with one attached hydrogen (secondary N) is 2. The van der Waals surface area contributed by atoms with Gasteiger partial charge in [0.15, 0.2) is 5.11 Å². The highest BCUT2D eigenvalue weighted by Crippen LogP contribution is 2.19. The Morgan fingerprint density at radius 1 is 1.25 bits per heavy atom. The molecule has 1 aromatic carbocycles. The van der Waals surface area contributed by atoms with Crippen molar-refractivity contribution in [2.45, 2.75) is 31.7 Å². The molecular formula is C12H15IN2S. The van der Waals surface area contributed by atoms with Gasteiger partial charge < -0.3 is 10.6 Å². The molecule has 1 aliphatic rings. The van der Waals surface area contributed by atoms with E-state index in [-0.39, 0.29) is 0 Å². The first-order valence-corrected chi connectivity index (χ1v) is 7.06. The Kier molecular flexibility index (Phi) is 4.40. The van der Waals surface area contributed by atoms with Gasteiger partial charge >= 0.3 is 0 Å². The highest BCUT2D eigenvalue weighted by molar-refractivity contribution is 14.1. The Morgan fingerprint density at radius 3 is 2.62 bits per heavy atom. The van der Waals surface area contributed by atoms with Crippen LogP contribution >= 0.6 is 34.8 Å². The maximum atomic E-state index is 5.31. The van der Waals surface area contributed by atoms with Gasteiger partial charge in [-0.05, 0) is 59.8 Å². The van der Waals surface area contributed by atoms with E-state index in [1.165, 1.54) is 29.3 Å². The Bertz CT molecular complexity index is 375. The van der Waals surface area contributed by atoms with Crippen molar-refractivity contribution in [2.24, 2.45) is 0 Å². The highest BCUT2D eigenvalue weighted by atomic mass is 127. The summed E-state index contributed by atoms with van der Waals surface area (Å²) in [5, 5.41) is 7.37. The van der Waals surface area contributed by atoms with Crippen molar-refractivity contribution in [1.82, 2.24) is 5.32 Å². The summed E-state index contributed by atoms with van der Waals surface area (Å²) in [6, 6.07) is 8.73. The molecule has 0 heterocycles. The largest absolute Gasteiger partial charge is 0.360 e. The van der Waals surface area contributed by atoms with Gasteiger partial charge in [0.2, 0.25) is 0 Å². The quantitative estimate of drug-likeness (QED) is 0.633. The molecular weight excluding hydrogens is 331 g/mol.